The lowest BCUT2D eigenvalue weighted by Gasteiger charge is -2.29. The second-order valence-corrected chi connectivity index (χ2v) is 31.6. The first-order valence-corrected chi connectivity index (χ1v) is 42.8. The summed E-state index contributed by atoms with van der Waals surface area (Å²) in [4.78, 5) is 248. The van der Waals surface area contributed by atoms with Gasteiger partial charge in [-0.15, -0.1) is 0 Å². The number of fused-ring (bicyclic) bond motifs is 2. The highest BCUT2D eigenvalue weighted by molar-refractivity contribution is 7.80. The van der Waals surface area contributed by atoms with E-state index in [1.165, 1.54) is 44.3 Å². The maximum atomic E-state index is 15.3. The zero-order valence-electron chi connectivity index (χ0n) is 71.9. The number of carbonyl (C=O) groups excluding carboxylic acids is 18. The van der Waals surface area contributed by atoms with Gasteiger partial charge < -0.3 is 134 Å². The van der Waals surface area contributed by atoms with Crippen LogP contribution in [0.15, 0.2) is 97.2 Å². The van der Waals surface area contributed by atoms with E-state index in [9.17, 15) is 91.7 Å². The first-order valence-electron chi connectivity index (χ1n) is 41.5. The second kappa shape index (κ2) is 54.7. The number of thiol groups is 2. The Labute approximate surface area is 754 Å². The summed E-state index contributed by atoms with van der Waals surface area (Å²) < 4.78 is 5.29. The summed E-state index contributed by atoms with van der Waals surface area (Å²) in [6.45, 7) is 4.18. The Morgan fingerprint density at radius 1 is 0.450 bits per heavy atom. The molecule has 0 spiro atoms. The van der Waals surface area contributed by atoms with Gasteiger partial charge >= 0.3 is 0 Å². The van der Waals surface area contributed by atoms with Gasteiger partial charge in [-0.3, -0.25) is 91.7 Å². The number of aliphatic hydroxyl groups excluding tert-OH is 1. The largest absolute Gasteiger partial charge is 0.508 e. The molecule has 0 aliphatic heterocycles. The lowest BCUT2D eigenvalue weighted by Crippen LogP contribution is -2.62. The minimum atomic E-state index is -1.92. The number of phenols is 1. The van der Waals surface area contributed by atoms with Crippen molar-refractivity contribution in [2.75, 3.05) is 50.9 Å². The zero-order valence-corrected chi connectivity index (χ0v) is 73.7. The van der Waals surface area contributed by atoms with Gasteiger partial charge in [0.2, 0.25) is 106 Å². The standard InChI is InChI=1S/C83H119N23O21S2/c1-43(2)70(81(125)103-61(37-66(87)112)73(117)94-39-68(114)91-31-32-127-40-69(115)97-55(72(88)116)19-9-10-29-84)105-75(119)56(20-12-30-92-83(89)90)98-67(113)36-50(34-48-15-11-14-47-13-5-6-16-52(47)48)96-77(121)59(33-46-21-23-51(109)24-22-46)101-80(124)63(42-129)104-74(118)57(25-27-64(85)110)99-78(122)60(35-49-38-93-54-18-8-7-17-53(49)54)102-82(126)71(44(3)107)106-76(120)58(26-28-65(86)111)100-79(123)62(41-128)95-45(4)108/h5-8,11,13-18,21-24,38,43-44,50,55-63,70-71,93,107,109,128-129H,9-10,12,19-20,25-37,39-42,84H2,1-4H3,(H2,85,110)(H2,86,111)(H2,87,112)(H2,88,116)(H,91,114)(H,94,117)(H,95,108)(H,96,121)(H,97,115)(H,98,113)(H,99,122)(H,100,123)(H,101,124)(H,102,126)(H,103,125)(H,104,118)(H,105,119)(H,106,120)(H4,89,90,92)/t44-,50+,55-,56+,57+,58+,59+,60+,61+,62+,63+,70+,71+/m1/s1. The van der Waals surface area contributed by atoms with Gasteiger partial charge in [-0.25, -0.2) is 0 Å². The van der Waals surface area contributed by atoms with Crippen molar-refractivity contribution < 1.29 is 101 Å². The van der Waals surface area contributed by atoms with Crippen LogP contribution in [-0.4, -0.2) is 257 Å². The number of aromatic nitrogens is 1. The third-order valence-electron chi connectivity index (χ3n) is 20.0. The number of aliphatic hydroxyl groups is 1. The average molecular weight is 1840 g/mol. The summed E-state index contributed by atoms with van der Waals surface area (Å²) in [6, 6.07) is 6.32. The van der Waals surface area contributed by atoms with Crippen LogP contribution in [0.25, 0.3) is 21.7 Å². The van der Waals surface area contributed by atoms with Crippen LogP contribution >= 0.6 is 25.3 Å². The summed E-state index contributed by atoms with van der Waals surface area (Å²) in [5.74, 6) is -19.1. The number of hydrogen-bond donors (Lipinski definition) is 27. The van der Waals surface area contributed by atoms with Crippen molar-refractivity contribution in [2.24, 2.45) is 40.3 Å². The van der Waals surface area contributed by atoms with Crippen LogP contribution in [0, 0.1) is 11.3 Å². The van der Waals surface area contributed by atoms with E-state index < -0.39 is 254 Å². The number of benzene rings is 4. The molecule has 0 aliphatic carbocycles. The fraction of sp³-hybridized carbons (Fsp3) is 0.482. The monoisotopic (exact) mass is 1840 g/mol. The summed E-state index contributed by atoms with van der Waals surface area (Å²) in [6.07, 6.45) is -3.16. The van der Waals surface area contributed by atoms with E-state index >= 15 is 4.79 Å². The number of H-pyrrole nitrogens is 1. The maximum absolute atomic E-state index is 15.3. The number of hydrogen-bond acceptors (Lipinski definition) is 25. The minimum Gasteiger partial charge on any atom is -0.508 e. The maximum Gasteiger partial charge on any atom is 0.246 e. The normalized spacial score (nSPS) is 14.1. The SMILES string of the molecule is CC(=O)N[C@@H](CS)C(=O)N[C@@H](CCC(N)=O)C(=O)N[C@H](C(=O)N[C@@H](Cc1c[nH]c2ccccc12)C(=O)N[C@@H](CCC(N)=O)C(=O)N[C@@H](CS)C(=O)N[C@@H](Cc1ccc(O)cc1)C(=O)N[C@H](CC(=O)N[C@@H](CCCNC(=N)N)C(=O)N[C@H](C(=O)N[C@@H](CC(N)=O)C(=O)NCC(=O)NCCOCC(=O)N[C@H](CCCCN)C(N)=O)C(C)C)Cc1cccc2ccccc12)[C@@H](C)O. The molecule has 0 unspecified atom stereocenters. The highest BCUT2D eigenvalue weighted by Gasteiger charge is 2.39. The molecule has 44 nitrogen and oxygen atoms in total. The molecule has 1 aromatic heterocycles. The van der Waals surface area contributed by atoms with Crippen LogP contribution in [0.1, 0.15) is 115 Å². The smallest absolute Gasteiger partial charge is 0.246 e. The van der Waals surface area contributed by atoms with Gasteiger partial charge in [0.05, 0.1) is 25.7 Å². The molecule has 1 heterocycles. The van der Waals surface area contributed by atoms with Gasteiger partial charge in [-0.1, -0.05) is 86.6 Å². The Hall–Kier alpha value is -13.2. The lowest BCUT2D eigenvalue weighted by atomic mass is 9.96. The Balaban J connectivity index is 1.41. The predicted octanol–water partition coefficient (Wildman–Crippen LogP) is -6.29. The van der Waals surface area contributed by atoms with E-state index in [-0.39, 0.29) is 69.7 Å². The lowest BCUT2D eigenvalue weighted by molar-refractivity contribution is -0.137. The van der Waals surface area contributed by atoms with E-state index in [1.54, 1.807) is 54.6 Å². The van der Waals surface area contributed by atoms with E-state index in [0.29, 0.717) is 52.4 Å². The van der Waals surface area contributed by atoms with E-state index in [2.05, 4.69) is 110 Å². The highest BCUT2D eigenvalue weighted by atomic mass is 32.1. The third-order valence-corrected chi connectivity index (χ3v) is 20.7. The Kier molecular flexibility index (Phi) is 45.1. The first-order chi connectivity index (χ1) is 61.2. The first kappa shape index (κ1) is 106. The molecular weight excluding hydrogens is 1720 g/mol. The highest BCUT2D eigenvalue weighted by Crippen LogP contribution is 2.23. The molecule has 0 saturated heterocycles. The number of carbonyl (C=O) groups is 18. The molecule has 5 rings (SSSR count). The molecule has 0 radical (unpaired) electrons. The van der Waals surface area contributed by atoms with Crippen molar-refractivity contribution >= 4 is 159 Å². The molecule has 18 amide bonds. The molecule has 0 bridgehead atoms. The number of amides is 18. The molecule has 5 aromatic rings. The molecule has 46 heteroatoms. The fourth-order valence-electron chi connectivity index (χ4n) is 13.3. The van der Waals surface area contributed by atoms with Gasteiger partial charge in [0.1, 0.15) is 78.8 Å². The number of primary amides is 4. The van der Waals surface area contributed by atoms with E-state index in [0.717, 1.165) is 19.2 Å². The van der Waals surface area contributed by atoms with E-state index in [4.69, 9.17) is 44.5 Å². The molecule has 0 aliphatic rings. The topological polar surface area (TPSA) is 733 Å². The molecule has 704 valence electrons. The molecule has 0 fully saturated rings. The number of rotatable bonds is 58. The van der Waals surface area contributed by atoms with E-state index in [1.807, 2.05) is 12.1 Å². The molecular formula is C83H119N23O21S2. The van der Waals surface area contributed by atoms with Crippen molar-refractivity contribution in [2.45, 2.75) is 196 Å². The van der Waals surface area contributed by atoms with Gasteiger partial charge in [0.15, 0.2) is 5.96 Å². The van der Waals surface area contributed by atoms with Crippen LogP contribution in [0.2, 0.25) is 0 Å². The molecule has 13 atom stereocenters. The van der Waals surface area contributed by atoms with Gasteiger partial charge in [0.25, 0.3) is 0 Å². The van der Waals surface area contributed by atoms with Gasteiger partial charge in [-0.2, -0.15) is 25.3 Å². The van der Waals surface area contributed by atoms with Crippen LogP contribution in [0.4, 0.5) is 0 Å². The summed E-state index contributed by atoms with van der Waals surface area (Å²) in [5, 5.41) is 68.9. The van der Waals surface area contributed by atoms with Crippen LogP contribution < -0.4 is 114 Å². The van der Waals surface area contributed by atoms with Crippen LogP contribution in [0.5, 0.6) is 5.75 Å². The third kappa shape index (κ3) is 37.7. The molecule has 4 aromatic carbocycles. The van der Waals surface area contributed by atoms with Crippen molar-refractivity contribution in [1.82, 2.24) is 84.7 Å². The number of nitrogens with two attached hydrogens (primary N) is 6. The molecule has 31 N–H and O–H groups in total. The Bertz CT molecular complexity index is 4750. The summed E-state index contributed by atoms with van der Waals surface area (Å²) >= 11 is 8.49. The molecule has 0 saturated carbocycles. The number of nitrogens with one attached hydrogen (secondary N) is 17. The number of aromatic hydroxyl groups is 1. The molecule has 129 heavy (non-hydrogen) atoms. The van der Waals surface area contributed by atoms with Crippen molar-refractivity contribution in [3.63, 3.8) is 0 Å². The number of para-hydroxylation sites is 1. The average Bonchev–Trinajstić information content (AvgIpc) is 1.73. The summed E-state index contributed by atoms with van der Waals surface area (Å²) in [7, 11) is 0. The minimum absolute atomic E-state index is 0.000977. The summed E-state index contributed by atoms with van der Waals surface area (Å²) in [5.41, 5.74) is 34.9. The number of ether oxygens (including phenoxy) is 1. The number of aromatic amines is 1. The van der Waals surface area contributed by atoms with Crippen LogP contribution in [-0.2, 0) is 110 Å². The quantitative estimate of drug-likeness (QED) is 0.00745. The van der Waals surface area contributed by atoms with Gasteiger partial charge in [-0.05, 0) is 116 Å². The number of guanidine groups is 1. The Morgan fingerprint density at radius 2 is 0.961 bits per heavy atom. The zero-order chi connectivity index (χ0) is 95.6. The number of unbranched alkanes of at least 4 members (excludes halogenated alkanes) is 1. The van der Waals surface area contributed by atoms with Gasteiger partial charge in [0, 0.05) is 86.8 Å². The fourth-order valence-corrected chi connectivity index (χ4v) is 13.8. The van der Waals surface area contributed by atoms with Crippen molar-refractivity contribution in [1.29, 1.82) is 5.41 Å². The van der Waals surface area contributed by atoms with Crippen molar-refractivity contribution in [3.05, 3.63) is 114 Å². The predicted molar refractivity (Wildman–Crippen MR) is 478 cm³/mol. The van der Waals surface area contributed by atoms with Crippen molar-refractivity contribution in [3.8, 4) is 5.75 Å². The Morgan fingerprint density at radius 3 is 1.55 bits per heavy atom. The number of phenolic OH excluding ortho intramolecular Hbond substituents is 1. The second-order valence-electron chi connectivity index (χ2n) is 30.8. The van der Waals surface area contributed by atoms with Crippen LogP contribution in [0.3, 0.4) is 0 Å².